The van der Waals surface area contributed by atoms with Crippen molar-refractivity contribution in [2.75, 3.05) is 31.1 Å². The smallest absolute Gasteiger partial charge is 0.255 e. The van der Waals surface area contributed by atoms with Gasteiger partial charge in [0.15, 0.2) is 0 Å². The van der Waals surface area contributed by atoms with E-state index in [0.717, 1.165) is 41.5 Å². The molecular formula is C17H24N4O2S. The number of carbonyl (C=O) groups is 1. The minimum atomic E-state index is -0.0574. The van der Waals surface area contributed by atoms with Gasteiger partial charge in [0.1, 0.15) is 0 Å². The molecule has 2 aromatic heterocycles. The zero-order valence-electron chi connectivity index (χ0n) is 14.4. The highest BCUT2D eigenvalue weighted by atomic mass is 32.2. The largest absolute Gasteiger partial charge is 0.472 e. The summed E-state index contributed by atoms with van der Waals surface area (Å²) < 4.78 is 7.01. The molecule has 0 spiro atoms. The molecule has 0 unspecified atom stereocenters. The van der Waals surface area contributed by atoms with E-state index in [0.29, 0.717) is 12.1 Å². The monoisotopic (exact) mass is 348 g/mol. The van der Waals surface area contributed by atoms with Crippen molar-refractivity contribution in [1.82, 2.24) is 20.0 Å². The van der Waals surface area contributed by atoms with Crippen LogP contribution in [0.5, 0.6) is 0 Å². The van der Waals surface area contributed by atoms with E-state index in [1.807, 2.05) is 38.7 Å². The number of hydrogen-bond acceptors (Lipinski definition) is 5. The van der Waals surface area contributed by atoms with Crippen LogP contribution in [0.1, 0.15) is 33.4 Å². The van der Waals surface area contributed by atoms with Gasteiger partial charge in [0.25, 0.3) is 5.91 Å². The molecule has 24 heavy (non-hydrogen) atoms. The van der Waals surface area contributed by atoms with Crippen LogP contribution in [-0.2, 0) is 7.05 Å². The number of nitrogens with zero attached hydrogens (tertiary/aromatic N) is 3. The number of aromatic nitrogens is 2. The molecule has 1 aliphatic rings. The molecule has 3 rings (SSSR count). The van der Waals surface area contributed by atoms with Crippen molar-refractivity contribution >= 4 is 17.7 Å². The number of thioether (sulfide) groups is 1. The number of hydrogen-bond donors (Lipinski definition) is 1. The highest BCUT2D eigenvalue weighted by Crippen LogP contribution is 2.24. The van der Waals surface area contributed by atoms with E-state index in [1.165, 1.54) is 0 Å². The van der Waals surface area contributed by atoms with Crippen molar-refractivity contribution < 1.29 is 9.21 Å². The van der Waals surface area contributed by atoms with Gasteiger partial charge in [-0.3, -0.25) is 14.4 Å². The van der Waals surface area contributed by atoms with E-state index in [2.05, 4.69) is 15.3 Å². The zero-order chi connectivity index (χ0) is 17.1. The van der Waals surface area contributed by atoms with Crippen LogP contribution < -0.4 is 5.32 Å². The third-order valence-electron chi connectivity index (χ3n) is 4.61. The first-order valence-corrected chi connectivity index (χ1v) is 9.35. The SMILES string of the molecule is Cc1nn(C)c(C)c1C(=O)NC[C@@H](c1ccoc1)N1CCSCC1. The predicted molar refractivity (Wildman–Crippen MR) is 95.4 cm³/mol. The summed E-state index contributed by atoms with van der Waals surface area (Å²) in [6.07, 6.45) is 3.47. The lowest BCUT2D eigenvalue weighted by molar-refractivity contribution is 0.0933. The molecule has 0 radical (unpaired) electrons. The summed E-state index contributed by atoms with van der Waals surface area (Å²) in [5, 5.41) is 7.42. The molecule has 0 aromatic carbocycles. The summed E-state index contributed by atoms with van der Waals surface area (Å²) in [7, 11) is 1.86. The molecule has 1 fully saturated rings. The van der Waals surface area contributed by atoms with Crippen molar-refractivity contribution in [3.63, 3.8) is 0 Å². The molecule has 0 bridgehead atoms. The first kappa shape index (κ1) is 17.1. The Kier molecular flexibility index (Phi) is 5.30. The number of amides is 1. The van der Waals surface area contributed by atoms with E-state index in [1.54, 1.807) is 17.2 Å². The second kappa shape index (κ2) is 7.44. The average Bonchev–Trinajstić information content (AvgIpc) is 3.18. The van der Waals surface area contributed by atoms with Gasteiger partial charge in [-0.05, 0) is 19.9 Å². The standard InChI is InChI=1S/C17H24N4O2S/c1-12-16(13(2)20(3)19-12)17(22)18-10-15(14-4-7-23-11-14)21-5-8-24-9-6-21/h4,7,11,15H,5-6,8-10H2,1-3H3,(H,18,22)/t15-/m0/s1. The Hall–Kier alpha value is -1.73. The van der Waals surface area contributed by atoms with E-state index < -0.39 is 0 Å². The van der Waals surface area contributed by atoms with Crippen molar-refractivity contribution in [2.45, 2.75) is 19.9 Å². The molecule has 1 aliphatic heterocycles. The van der Waals surface area contributed by atoms with Crippen LogP contribution >= 0.6 is 11.8 Å². The van der Waals surface area contributed by atoms with Gasteiger partial charge in [-0.25, -0.2) is 0 Å². The molecule has 0 saturated carbocycles. The molecule has 0 aliphatic carbocycles. The van der Waals surface area contributed by atoms with E-state index in [-0.39, 0.29) is 11.9 Å². The lowest BCUT2D eigenvalue weighted by Crippen LogP contribution is -2.42. The molecule has 1 N–H and O–H groups in total. The van der Waals surface area contributed by atoms with Gasteiger partial charge < -0.3 is 9.73 Å². The molecule has 7 heteroatoms. The molecule has 3 heterocycles. The van der Waals surface area contributed by atoms with Gasteiger partial charge in [0.05, 0.1) is 29.8 Å². The molecule has 1 saturated heterocycles. The number of furan rings is 1. The maximum Gasteiger partial charge on any atom is 0.255 e. The fraction of sp³-hybridized carbons (Fsp3) is 0.529. The number of rotatable bonds is 5. The molecule has 6 nitrogen and oxygen atoms in total. The Morgan fingerprint density at radius 3 is 2.75 bits per heavy atom. The second-order valence-corrected chi connectivity index (χ2v) is 7.33. The summed E-state index contributed by atoms with van der Waals surface area (Å²) in [5.74, 6) is 2.20. The Morgan fingerprint density at radius 1 is 1.42 bits per heavy atom. The maximum absolute atomic E-state index is 12.6. The van der Waals surface area contributed by atoms with E-state index in [9.17, 15) is 4.79 Å². The minimum Gasteiger partial charge on any atom is -0.472 e. The van der Waals surface area contributed by atoms with Crippen molar-refractivity contribution in [3.8, 4) is 0 Å². The van der Waals surface area contributed by atoms with E-state index in [4.69, 9.17) is 4.42 Å². The Morgan fingerprint density at radius 2 is 2.17 bits per heavy atom. The third kappa shape index (κ3) is 3.52. The molecule has 1 amide bonds. The fourth-order valence-corrected chi connectivity index (χ4v) is 4.12. The van der Waals surface area contributed by atoms with Crippen LogP contribution in [0.4, 0.5) is 0 Å². The highest BCUT2D eigenvalue weighted by Gasteiger charge is 2.25. The Bertz CT molecular complexity index is 690. The van der Waals surface area contributed by atoms with Crippen LogP contribution in [0.3, 0.4) is 0 Å². The maximum atomic E-state index is 12.6. The van der Waals surface area contributed by atoms with Gasteiger partial charge in [-0.15, -0.1) is 0 Å². The van der Waals surface area contributed by atoms with Crippen LogP contribution in [-0.4, -0.2) is 51.7 Å². The van der Waals surface area contributed by atoms with Gasteiger partial charge in [0.2, 0.25) is 0 Å². The zero-order valence-corrected chi connectivity index (χ0v) is 15.2. The third-order valence-corrected chi connectivity index (χ3v) is 5.55. The lowest BCUT2D eigenvalue weighted by atomic mass is 10.1. The topological polar surface area (TPSA) is 63.3 Å². The van der Waals surface area contributed by atoms with Crippen molar-refractivity contribution in [1.29, 1.82) is 0 Å². The van der Waals surface area contributed by atoms with Gasteiger partial charge in [-0.1, -0.05) is 0 Å². The summed E-state index contributed by atoms with van der Waals surface area (Å²) in [4.78, 5) is 15.1. The minimum absolute atomic E-state index is 0.0574. The van der Waals surface area contributed by atoms with Gasteiger partial charge in [0, 0.05) is 49.4 Å². The van der Waals surface area contributed by atoms with Crippen LogP contribution in [0.25, 0.3) is 0 Å². The molecule has 1 atom stereocenters. The van der Waals surface area contributed by atoms with E-state index >= 15 is 0 Å². The predicted octanol–water partition coefficient (Wildman–Crippen LogP) is 2.15. The Balaban J connectivity index is 1.72. The van der Waals surface area contributed by atoms with Gasteiger partial charge >= 0.3 is 0 Å². The summed E-state index contributed by atoms with van der Waals surface area (Å²) in [5.41, 5.74) is 3.44. The number of nitrogens with one attached hydrogen (secondary N) is 1. The molecule has 130 valence electrons. The van der Waals surface area contributed by atoms with Crippen molar-refractivity contribution in [3.05, 3.63) is 41.1 Å². The van der Waals surface area contributed by atoms with Crippen molar-refractivity contribution in [2.24, 2.45) is 7.05 Å². The van der Waals surface area contributed by atoms with Crippen LogP contribution in [0, 0.1) is 13.8 Å². The highest BCUT2D eigenvalue weighted by molar-refractivity contribution is 7.99. The Labute approximate surface area is 146 Å². The van der Waals surface area contributed by atoms with Crippen LogP contribution in [0.2, 0.25) is 0 Å². The average molecular weight is 348 g/mol. The quantitative estimate of drug-likeness (QED) is 0.897. The van der Waals surface area contributed by atoms with Crippen LogP contribution in [0.15, 0.2) is 23.0 Å². The normalized spacial score (nSPS) is 17.0. The first-order chi connectivity index (χ1) is 11.6. The summed E-state index contributed by atoms with van der Waals surface area (Å²) >= 11 is 1.98. The fourth-order valence-electron chi connectivity index (χ4n) is 3.19. The lowest BCUT2D eigenvalue weighted by Gasteiger charge is -2.34. The summed E-state index contributed by atoms with van der Waals surface area (Å²) in [6.45, 7) is 6.42. The molecular weight excluding hydrogens is 324 g/mol. The molecule has 2 aromatic rings. The number of carbonyl (C=O) groups excluding carboxylic acids is 1. The van der Waals surface area contributed by atoms with Gasteiger partial charge in [-0.2, -0.15) is 16.9 Å². The summed E-state index contributed by atoms with van der Waals surface area (Å²) in [6, 6.07) is 2.13. The first-order valence-electron chi connectivity index (χ1n) is 8.20. The second-order valence-electron chi connectivity index (χ2n) is 6.10. The number of aryl methyl sites for hydroxylation is 2.